The van der Waals surface area contributed by atoms with E-state index in [1.54, 1.807) is 12.1 Å². The van der Waals surface area contributed by atoms with Crippen molar-refractivity contribution in [1.29, 1.82) is 5.26 Å². The molecule has 0 bridgehead atoms. The molecule has 0 aromatic heterocycles. The van der Waals surface area contributed by atoms with Crippen molar-refractivity contribution in [2.45, 2.75) is 0 Å². The van der Waals surface area contributed by atoms with Crippen LogP contribution >= 0.6 is 0 Å². The van der Waals surface area contributed by atoms with Gasteiger partial charge >= 0.3 is 0 Å². The molecule has 0 saturated carbocycles. The number of nitrogens with zero attached hydrogens (tertiary/aromatic N) is 1. The molecule has 0 unspecified atom stereocenters. The maximum Gasteiger partial charge on any atom is 0.183 e. The number of benzene rings is 2. The molecule has 1 aromatic rings. The number of phenolic OH excluding ortho intramolecular Hbond substituents is 1. The molecule has 1 heterocycles. The minimum atomic E-state index is -0.276. The van der Waals surface area contributed by atoms with Crippen molar-refractivity contribution in [2.75, 3.05) is 0 Å². The van der Waals surface area contributed by atoms with Crippen LogP contribution in [-0.4, -0.2) is 5.11 Å². The Morgan fingerprint density at radius 1 is 1.17 bits per heavy atom. The molecule has 1 aliphatic carbocycles. The van der Waals surface area contributed by atoms with Crippen LogP contribution in [0.25, 0.3) is 22.3 Å². The lowest BCUT2D eigenvalue weighted by molar-refractivity contribution is 0.474. The van der Waals surface area contributed by atoms with Crippen LogP contribution in [-0.2, 0) is 0 Å². The number of aromatic hydroxyl groups is 1. The predicted octanol–water partition coefficient (Wildman–Crippen LogP) is 2.48. The summed E-state index contributed by atoms with van der Waals surface area (Å²) in [5.41, 5.74) is 1.07. The molecule has 4 nitrogen and oxygen atoms in total. The Hall–Kier alpha value is -2.80. The van der Waals surface area contributed by atoms with Gasteiger partial charge in [-0.15, -0.1) is 0 Å². The van der Waals surface area contributed by atoms with E-state index in [1.807, 2.05) is 6.07 Å². The molecule has 4 heteroatoms. The van der Waals surface area contributed by atoms with Crippen LogP contribution in [0.1, 0.15) is 5.56 Å². The van der Waals surface area contributed by atoms with E-state index in [9.17, 15) is 9.90 Å². The largest absolute Gasteiger partial charge is 0.508 e. The van der Waals surface area contributed by atoms with Gasteiger partial charge in [-0.1, -0.05) is 0 Å². The zero-order valence-corrected chi connectivity index (χ0v) is 9.18. The zero-order chi connectivity index (χ0) is 12.7. The predicted molar refractivity (Wildman–Crippen MR) is 65.5 cm³/mol. The Labute approximate surface area is 102 Å². The minimum absolute atomic E-state index is 0.0874. The van der Waals surface area contributed by atoms with Crippen LogP contribution < -0.4 is 5.43 Å². The summed E-state index contributed by atoms with van der Waals surface area (Å²) < 4.78 is 5.54. The molecule has 0 atom stereocenters. The Balaban J connectivity index is 2.49. The third kappa shape index (κ3) is 1.50. The quantitative estimate of drug-likeness (QED) is 0.609. The smallest absolute Gasteiger partial charge is 0.183 e. The Morgan fingerprint density at radius 3 is 2.78 bits per heavy atom. The highest BCUT2D eigenvalue weighted by molar-refractivity contribution is 5.85. The van der Waals surface area contributed by atoms with E-state index in [2.05, 4.69) is 0 Å². The Morgan fingerprint density at radius 2 is 2.00 bits per heavy atom. The van der Waals surface area contributed by atoms with Crippen LogP contribution in [0.15, 0.2) is 45.6 Å². The fourth-order valence-corrected chi connectivity index (χ4v) is 1.93. The average Bonchev–Trinajstić information content (AvgIpc) is 2.35. The molecule has 0 spiro atoms. The molecule has 0 saturated heterocycles. The maximum absolute atomic E-state index is 11.4. The lowest BCUT2D eigenvalue weighted by Crippen LogP contribution is -2.01. The molecule has 18 heavy (non-hydrogen) atoms. The summed E-state index contributed by atoms with van der Waals surface area (Å²) >= 11 is 0. The molecular formula is C14H7NO3. The van der Waals surface area contributed by atoms with Crippen LogP contribution in [0.3, 0.4) is 0 Å². The van der Waals surface area contributed by atoms with Crippen molar-refractivity contribution in [3.05, 3.63) is 52.2 Å². The number of hydrogen-bond acceptors (Lipinski definition) is 4. The Bertz CT molecular complexity index is 827. The number of rotatable bonds is 0. The first-order valence-electron chi connectivity index (χ1n) is 5.28. The second-order valence-corrected chi connectivity index (χ2v) is 3.96. The highest BCUT2D eigenvalue weighted by Gasteiger charge is 2.13. The second kappa shape index (κ2) is 3.60. The minimum Gasteiger partial charge on any atom is -0.508 e. The first-order valence-corrected chi connectivity index (χ1v) is 5.28. The molecule has 1 aromatic carbocycles. The van der Waals surface area contributed by atoms with Crippen LogP contribution in [0.5, 0.6) is 5.75 Å². The summed E-state index contributed by atoms with van der Waals surface area (Å²) in [4.78, 5) is 11.4. The molecule has 0 fully saturated rings. The van der Waals surface area contributed by atoms with Gasteiger partial charge in [-0.2, -0.15) is 5.26 Å². The molecule has 2 aliphatic rings. The zero-order valence-electron chi connectivity index (χ0n) is 9.18. The van der Waals surface area contributed by atoms with E-state index < -0.39 is 0 Å². The maximum atomic E-state index is 11.4. The molecule has 0 radical (unpaired) electrons. The van der Waals surface area contributed by atoms with E-state index in [0.717, 1.165) is 5.39 Å². The third-order valence-corrected chi connectivity index (χ3v) is 2.75. The van der Waals surface area contributed by atoms with Crippen LogP contribution in [0.2, 0.25) is 0 Å². The number of nitriles is 1. The summed E-state index contributed by atoms with van der Waals surface area (Å²) in [5.74, 6) is 0.432. The fourth-order valence-electron chi connectivity index (χ4n) is 1.93. The van der Waals surface area contributed by atoms with E-state index in [-0.39, 0.29) is 16.7 Å². The molecule has 3 rings (SSSR count). The molecular weight excluding hydrogens is 230 g/mol. The van der Waals surface area contributed by atoms with Crippen LogP contribution in [0, 0.1) is 11.3 Å². The summed E-state index contributed by atoms with van der Waals surface area (Å²) in [5, 5.41) is 19.1. The Kier molecular flexibility index (Phi) is 2.07. The normalized spacial score (nSPS) is 10.6. The summed E-state index contributed by atoms with van der Waals surface area (Å²) in [7, 11) is 0. The fraction of sp³-hybridized carbons (Fsp3) is 0. The van der Waals surface area contributed by atoms with Crippen molar-refractivity contribution in [1.82, 2.24) is 0 Å². The van der Waals surface area contributed by atoms with E-state index in [1.165, 1.54) is 24.3 Å². The van der Waals surface area contributed by atoms with Crippen molar-refractivity contribution < 1.29 is 9.52 Å². The SMILES string of the molecule is N#Cc1cc(=O)cc2oc3cc(O)ccc3cc1-2. The first kappa shape index (κ1) is 10.4. The van der Waals surface area contributed by atoms with Gasteiger partial charge in [0.05, 0.1) is 5.56 Å². The van der Waals surface area contributed by atoms with Gasteiger partial charge in [0.2, 0.25) is 0 Å². The van der Waals surface area contributed by atoms with Gasteiger partial charge in [-0.3, -0.25) is 4.79 Å². The van der Waals surface area contributed by atoms with Gasteiger partial charge in [0, 0.05) is 29.1 Å². The lowest BCUT2D eigenvalue weighted by Gasteiger charge is -2.08. The topological polar surface area (TPSA) is 74.2 Å². The first-order chi connectivity index (χ1) is 8.67. The average molecular weight is 237 g/mol. The van der Waals surface area contributed by atoms with Gasteiger partial charge in [0.25, 0.3) is 0 Å². The second-order valence-electron chi connectivity index (χ2n) is 3.96. The summed E-state index contributed by atoms with van der Waals surface area (Å²) in [6.45, 7) is 0. The van der Waals surface area contributed by atoms with Crippen molar-refractivity contribution in [2.24, 2.45) is 0 Å². The highest BCUT2D eigenvalue weighted by Crippen LogP contribution is 2.30. The third-order valence-electron chi connectivity index (χ3n) is 2.75. The summed E-state index contributed by atoms with van der Waals surface area (Å²) in [6, 6.07) is 11.1. The van der Waals surface area contributed by atoms with E-state index in [0.29, 0.717) is 16.9 Å². The molecule has 1 aliphatic heterocycles. The van der Waals surface area contributed by atoms with Gasteiger partial charge < -0.3 is 9.52 Å². The van der Waals surface area contributed by atoms with Crippen molar-refractivity contribution in [3.63, 3.8) is 0 Å². The standard InChI is InChI=1S/C14H7NO3/c15-7-9-3-11(17)6-14-12(9)4-8-1-2-10(16)5-13(8)18-14/h1-6,16H. The molecule has 1 N–H and O–H groups in total. The van der Waals surface area contributed by atoms with Crippen molar-refractivity contribution in [3.8, 4) is 23.1 Å². The molecule has 0 amide bonds. The van der Waals surface area contributed by atoms with E-state index in [4.69, 9.17) is 9.68 Å². The van der Waals surface area contributed by atoms with Gasteiger partial charge in [-0.05, 0) is 18.2 Å². The molecule has 86 valence electrons. The van der Waals surface area contributed by atoms with Gasteiger partial charge in [0.1, 0.15) is 23.2 Å². The number of fused-ring (bicyclic) bond motifs is 2. The monoisotopic (exact) mass is 237 g/mol. The van der Waals surface area contributed by atoms with E-state index >= 15 is 0 Å². The van der Waals surface area contributed by atoms with Gasteiger partial charge in [-0.25, -0.2) is 0 Å². The highest BCUT2D eigenvalue weighted by atomic mass is 16.3. The van der Waals surface area contributed by atoms with Gasteiger partial charge in [0.15, 0.2) is 5.43 Å². The lowest BCUT2D eigenvalue weighted by atomic mass is 10.0. The van der Waals surface area contributed by atoms with Crippen LogP contribution in [0.4, 0.5) is 0 Å². The number of phenols is 1. The summed E-state index contributed by atoms with van der Waals surface area (Å²) in [6.07, 6.45) is 0. The van der Waals surface area contributed by atoms with Crippen molar-refractivity contribution >= 4 is 11.0 Å². The number of hydrogen-bond donors (Lipinski definition) is 1.